The van der Waals surface area contributed by atoms with Gasteiger partial charge >= 0.3 is 170 Å². The summed E-state index contributed by atoms with van der Waals surface area (Å²) in [6.07, 6.45) is 14.6. The van der Waals surface area contributed by atoms with Crippen molar-refractivity contribution in [3.8, 4) is 0 Å². The first-order valence-electron chi connectivity index (χ1n) is 8.90. The van der Waals surface area contributed by atoms with Crippen LogP contribution in [-0.4, -0.2) is 13.6 Å². The average Bonchev–Trinajstić information content (AvgIpc) is 3.07. The summed E-state index contributed by atoms with van der Waals surface area (Å²) in [5.74, 6) is 1.03. The van der Waals surface area contributed by atoms with E-state index in [2.05, 4.69) is 70.3 Å². The third-order valence-corrected chi connectivity index (χ3v) is 13.7. The molecule has 0 aromatic carbocycles. The molecule has 3 rings (SSSR count). The second-order valence-electron chi connectivity index (χ2n) is 7.49. The Hall–Kier alpha value is -0.0230. The molecule has 0 fully saturated rings. The number of allylic oxidation sites excluding steroid dienone is 12. The molecule has 0 aromatic rings. The molecule has 3 aliphatic rings. The van der Waals surface area contributed by atoms with E-state index in [1.807, 2.05) is 0 Å². The predicted octanol–water partition coefficient (Wildman–Crippen LogP) is 6.66. The SMILES string of the molecule is CC1=[C]([Hf]([Cl])[Cl])C2=CC=CC(=[Si](C)C)C(C(C)C)C2=C1C1=CC=CC1. The zero-order chi connectivity index (χ0) is 18.3. The van der Waals surface area contributed by atoms with E-state index in [1.165, 1.54) is 31.2 Å². The van der Waals surface area contributed by atoms with E-state index in [-0.39, 0.29) is 0 Å². The summed E-state index contributed by atoms with van der Waals surface area (Å²) in [5.41, 5.74) is 7.08. The van der Waals surface area contributed by atoms with Crippen molar-refractivity contribution in [3.63, 3.8) is 0 Å². The zero-order valence-corrected chi connectivity index (χ0v) is 21.7. The second-order valence-corrected chi connectivity index (χ2v) is 21.5. The minimum absolute atomic E-state index is 0.469. The van der Waals surface area contributed by atoms with Gasteiger partial charge in [0.1, 0.15) is 0 Å². The normalized spacial score (nSPS) is 22.6. The van der Waals surface area contributed by atoms with Crippen LogP contribution in [0.5, 0.6) is 0 Å². The molecule has 0 nitrogen and oxygen atoms in total. The van der Waals surface area contributed by atoms with Crippen LogP contribution >= 0.6 is 17.2 Å². The molecule has 0 aliphatic heterocycles. The summed E-state index contributed by atoms with van der Waals surface area (Å²) in [6, 6.07) is 0. The zero-order valence-electron chi connectivity index (χ0n) is 15.6. The third kappa shape index (κ3) is 3.57. The monoisotopic (exact) mass is 555 g/mol. The van der Waals surface area contributed by atoms with E-state index in [1.54, 1.807) is 5.17 Å². The van der Waals surface area contributed by atoms with Crippen LogP contribution in [0, 0.1) is 11.8 Å². The number of hydrogen-bond acceptors (Lipinski definition) is 0. The summed E-state index contributed by atoms with van der Waals surface area (Å²) in [4.78, 5) is 0. The van der Waals surface area contributed by atoms with Crippen molar-refractivity contribution in [2.45, 2.75) is 40.3 Å². The van der Waals surface area contributed by atoms with Crippen molar-refractivity contribution in [2.24, 2.45) is 11.8 Å². The molecule has 0 N–H and O–H groups in total. The summed E-state index contributed by atoms with van der Waals surface area (Å²) < 4.78 is 1.31. The molecule has 0 amide bonds. The van der Waals surface area contributed by atoms with Crippen LogP contribution in [0.2, 0.25) is 13.1 Å². The molecule has 0 saturated carbocycles. The van der Waals surface area contributed by atoms with Gasteiger partial charge in [0.15, 0.2) is 0 Å². The number of rotatable bonds is 3. The van der Waals surface area contributed by atoms with Crippen LogP contribution in [0.15, 0.2) is 67.7 Å². The standard InChI is InChI=1S/C21H25Si.2ClH.Hf/c1-14(2)19-18(22(4)5)12-8-11-17-13-15(3)20(21(17)19)16-9-6-7-10-16;;;/h6-9,11-12,14,19H,10H2,1-5H3;2*1H;/q;;;+2/p-2. The molecule has 3 aliphatic carbocycles. The molecular weight excluding hydrogens is 530 g/mol. The number of fused-ring (bicyclic) bond motifs is 1. The minimum atomic E-state index is -2.72. The van der Waals surface area contributed by atoms with Crippen LogP contribution in [0.25, 0.3) is 0 Å². The van der Waals surface area contributed by atoms with Gasteiger partial charge in [-0.25, -0.2) is 0 Å². The van der Waals surface area contributed by atoms with Gasteiger partial charge in [-0.15, -0.1) is 0 Å². The topological polar surface area (TPSA) is 0 Å². The second kappa shape index (κ2) is 7.92. The van der Waals surface area contributed by atoms with Gasteiger partial charge in [-0.3, -0.25) is 0 Å². The summed E-state index contributed by atoms with van der Waals surface area (Å²) in [5, 5.41) is 1.62. The van der Waals surface area contributed by atoms with Crippen LogP contribution in [-0.2, 0) is 19.1 Å². The number of halogens is 2. The molecular formula is C21H25Cl2HfSi. The Kier molecular flexibility index (Phi) is 6.25. The molecule has 0 spiro atoms. The van der Waals surface area contributed by atoms with Gasteiger partial charge < -0.3 is 0 Å². The van der Waals surface area contributed by atoms with Crippen LogP contribution in [0.1, 0.15) is 27.2 Å². The Balaban J connectivity index is 2.31. The van der Waals surface area contributed by atoms with Crippen molar-refractivity contribution in [2.75, 3.05) is 0 Å². The molecule has 25 heavy (non-hydrogen) atoms. The van der Waals surface area contributed by atoms with Crippen molar-refractivity contribution in [1.29, 1.82) is 0 Å². The fraction of sp³-hybridized carbons (Fsp3) is 0.381. The maximum absolute atomic E-state index is 6.64. The average molecular weight is 555 g/mol. The van der Waals surface area contributed by atoms with Gasteiger partial charge in [-0.1, -0.05) is 0 Å². The molecule has 4 heteroatoms. The Bertz CT molecular complexity index is 813. The van der Waals surface area contributed by atoms with E-state index in [4.69, 9.17) is 17.2 Å². The maximum atomic E-state index is 6.64. The fourth-order valence-electron chi connectivity index (χ4n) is 4.26. The van der Waals surface area contributed by atoms with Gasteiger partial charge in [0.25, 0.3) is 0 Å². The molecule has 131 valence electrons. The molecule has 0 heterocycles. The first-order valence-corrected chi connectivity index (χ1v) is 22.1. The molecule has 1 atom stereocenters. The van der Waals surface area contributed by atoms with Crippen LogP contribution in [0.3, 0.4) is 0 Å². The summed E-state index contributed by atoms with van der Waals surface area (Å²) >= 11 is -2.72. The van der Waals surface area contributed by atoms with Crippen molar-refractivity contribution < 1.29 is 19.1 Å². The molecule has 0 bridgehead atoms. The van der Waals surface area contributed by atoms with Crippen LogP contribution < -0.4 is 0 Å². The van der Waals surface area contributed by atoms with E-state index in [0.717, 1.165) is 6.42 Å². The number of hydrogen-bond donors (Lipinski definition) is 0. The molecule has 0 radical (unpaired) electrons. The Morgan fingerprint density at radius 2 is 1.88 bits per heavy atom. The predicted molar refractivity (Wildman–Crippen MR) is 111 cm³/mol. The third-order valence-electron chi connectivity index (χ3n) is 5.29. The fourth-order valence-corrected chi connectivity index (χ4v) is 12.8. The van der Waals surface area contributed by atoms with Crippen molar-refractivity contribution in [3.05, 3.63) is 67.7 Å². The summed E-state index contributed by atoms with van der Waals surface area (Å²) in [7, 11) is 12.8. The van der Waals surface area contributed by atoms with Gasteiger partial charge in [-0.2, -0.15) is 0 Å². The van der Waals surface area contributed by atoms with Crippen molar-refractivity contribution >= 4 is 30.7 Å². The summed E-state index contributed by atoms with van der Waals surface area (Å²) in [6.45, 7) is 11.8. The quantitative estimate of drug-likeness (QED) is 0.342. The van der Waals surface area contributed by atoms with E-state index in [0.29, 0.717) is 11.8 Å². The van der Waals surface area contributed by atoms with Gasteiger partial charge in [0.2, 0.25) is 0 Å². The van der Waals surface area contributed by atoms with E-state index in [9.17, 15) is 0 Å². The van der Waals surface area contributed by atoms with E-state index < -0.39 is 27.5 Å². The first kappa shape index (κ1) is 19.7. The van der Waals surface area contributed by atoms with Gasteiger partial charge in [0, 0.05) is 0 Å². The Morgan fingerprint density at radius 1 is 1.16 bits per heavy atom. The van der Waals surface area contributed by atoms with Crippen LogP contribution in [0.4, 0.5) is 0 Å². The van der Waals surface area contributed by atoms with E-state index >= 15 is 0 Å². The molecule has 0 aromatic heterocycles. The Labute approximate surface area is 168 Å². The Morgan fingerprint density at radius 3 is 2.40 bits per heavy atom. The molecule has 1 unspecified atom stereocenters. The first-order chi connectivity index (χ1) is 11.8. The van der Waals surface area contributed by atoms with Gasteiger partial charge in [0.05, 0.1) is 0 Å². The molecule has 0 saturated heterocycles. The van der Waals surface area contributed by atoms with Crippen molar-refractivity contribution in [1.82, 2.24) is 0 Å². The van der Waals surface area contributed by atoms with Gasteiger partial charge in [-0.05, 0) is 0 Å².